The molecule has 2 aromatic heterocycles. The summed E-state index contributed by atoms with van der Waals surface area (Å²) in [7, 11) is 0. The lowest BCUT2D eigenvalue weighted by molar-refractivity contribution is -0.116. The molecule has 29 heavy (non-hydrogen) atoms. The predicted molar refractivity (Wildman–Crippen MR) is 112 cm³/mol. The number of carbonyl (C=O) groups excluding carboxylic acids is 1. The van der Waals surface area contributed by atoms with Crippen LogP contribution in [0.4, 0.5) is 0 Å². The van der Waals surface area contributed by atoms with Gasteiger partial charge >= 0.3 is 0 Å². The number of ether oxygens (including phenoxy) is 2. The molecule has 1 aliphatic heterocycles. The molecule has 150 valence electrons. The van der Waals surface area contributed by atoms with Gasteiger partial charge in [-0.25, -0.2) is 4.98 Å². The molecule has 0 saturated carbocycles. The number of halogens is 1. The number of amides is 1. The zero-order chi connectivity index (χ0) is 20.4. The van der Waals surface area contributed by atoms with E-state index in [0.29, 0.717) is 24.0 Å². The van der Waals surface area contributed by atoms with Gasteiger partial charge in [0.1, 0.15) is 23.3 Å². The lowest BCUT2D eigenvalue weighted by Crippen LogP contribution is -2.20. The van der Waals surface area contributed by atoms with Gasteiger partial charge in [-0.05, 0) is 44.2 Å². The minimum atomic E-state index is -0.232. The maximum atomic E-state index is 12.4. The van der Waals surface area contributed by atoms with Gasteiger partial charge in [0.05, 0.1) is 12.3 Å². The number of hydrogen-bond acceptors (Lipinski definition) is 4. The molecule has 0 bridgehead atoms. The van der Waals surface area contributed by atoms with Crippen molar-refractivity contribution >= 4 is 29.2 Å². The van der Waals surface area contributed by atoms with Crippen LogP contribution in [0.3, 0.4) is 0 Å². The van der Waals surface area contributed by atoms with E-state index in [1.54, 1.807) is 6.08 Å². The summed E-state index contributed by atoms with van der Waals surface area (Å²) >= 11 is 6.20. The van der Waals surface area contributed by atoms with Crippen molar-refractivity contribution in [3.8, 4) is 11.5 Å². The first-order chi connectivity index (χ1) is 14.0. The molecule has 3 aromatic rings. The second-order valence-electron chi connectivity index (χ2n) is 6.90. The van der Waals surface area contributed by atoms with E-state index in [1.807, 2.05) is 54.8 Å². The normalized spacial score (nSPS) is 15.5. The highest BCUT2D eigenvalue weighted by Gasteiger charge is 2.22. The smallest absolute Gasteiger partial charge is 0.244 e. The third-order valence-corrected chi connectivity index (χ3v) is 5.02. The quantitative estimate of drug-likeness (QED) is 0.622. The van der Waals surface area contributed by atoms with E-state index in [2.05, 4.69) is 10.3 Å². The van der Waals surface area contributed by atoms with Crippen LogP contribution in [0.15, 0.2) is 42.6 Å². The molecule has 7 heteroatoms. The first kappa shape index (κ1) is 19.3. The van der Waals surface area contributed by atoms with Crippen LogP contribution in [0.5, 0.6) is 11.5 Å². The van der Waals surface area contributed by atoms with Crippen molar-refractivity contribution in [3.05, 3.63) is 64.6 Å². The average Bonchev–Trinajstić information content (AvgIpc) is 3.22. The van der Waals surface area contributed by atoms with Crippen LogP contribution in [-0.4, -0.2) is 28.0 Å². The number of nitrogens with zero attached hydrogens (tertiary/aromatic N) is 2. The molecule has 1 amide bonds. The summed E-state index contributed by atoms with van der Waals surface area (Å²) in [5.41, 5.74) is 3.41. The summed E-state index contributed by atoms with van der Waals surface area (Å²) in [6.45, 7) is 4.88. The van der Waals surface area contributed by atoms with Crippen LogP contribution >= 0.6 is 11.6 Å². The minimum absolute atomic E-state index is 0.155. The van der Waals surface area contributed by atoms with Gasteiger partial charge in [0.2, 0.25) is 5.91 Å². The highest BCUT2D eigenvalue weighted by Crippen LogP contribution is 2.35. The third kappa shape index (κ3) is 4.07. The van der Waals surface area contributed by atoms with Gasteiger partial charge in [0.15, 0.2) is 5.15 Å². The summed E-state index contributed by atoms with van der Waals surface area (Å²) in [5.74, 6) is 1.40. The zero-order valence-electron chi connectivity index (χ0n) is 16.3. The van der Waals surface area contributed by atoms with Crippen LogP contribution in [0.2, 0.25) is 5.15 Å². The van der Waals surface area contributed by atoms with Gasteiger partial charge in [-0.1, -0.05) is 17.7 Å². The highest BCUT2D eigenvalue weighted by molar-refractivity contribution is 6.31. The largest absolute Gasteiger partial charge is 0.494 e. The second kappa shape index (κ2) is 8.17. The Morgan fingerprint density at radius 1 is 1.45 bits per heavy atom. The second-order valence-corrected chi connectivity index (χ2v) is 7.26. The Balaban J connectivity index is 1.48. The van der Waals surface area contributed by atoms with Crippen LogP contribution in [0.25, 0.3) is 11.7 Å². The van der Waals surface area contributed by atoms with E-state index >= 15 is 0 Å². The number of imidazole rings is 1. The average molecular weight is 412 g/mol. The molecule has 1 aliphatic rings. The molecular weight excluding hydrogens is 390 g/mol. The fourth-order valence-electron chi connectivity index (χ4n) is 3.44. The first-order valence-corrected chi connectivity index (χ1v) is 9.96. The fraction of sp³-hybridized carbons (Fsp3) is 0.273. The van der Waals surface area contributed by atoms with E-state index < -0.39 is 0 Å². The minimum Gasteiger partial charge on any atom is -0.494 e. The molecule has 0 spiro atoms. The van der Waals surface area contributed by atoms with Crippen LogP contribution in [0, 0.1) is 0 Å². The number of rotatable bonds is 6. The number of benzene rings is 1. The lowest BCUT2D eigenvalue weighted by atomic mass is 10.1. The topological polar surface area (TPSA) is 64.9 Å². The lowest BCUT2D eigenvalue weighted by Gasteiger charge is -2.13. The Morgan fingerprint density at radius 3 is 3.14 bits per heavy atom. The van der Waals surface area contributed by atoms with Crippen LogP contribution in [0.1, 0.15) is 30.7 Å². The van der Waals surface area contributed by atoms with Crippen molar-refractivity contribution in [3.63, 3.8) is 0 Å². The van der Waals surface area contributed by atoms with Gasteiger partial charge in [-0.3, -0.25) is 9.20 Å². The van der Waals surface area contributed by atoms with Crippen molar-refractivity contribution in [2.24, 2.45) is 0 Å². The Hall–Kier alpha value is -2.99. The van der Waals surface area contributed by atoms with Crippen LogP contribution in [-0.2, 0) is 17.8 Å². The van der Waals surface area contributed by atoms with E-state index in [9.17, 15) is 4.79 Å². The molecule has 0 fully saturated rings. The Bertz CT molecular complexity index is 1090. The zero-order valence-corrected chi connectivity index (χ0v) is 17.1. The van der Waals surface area contributed by atoms with Gasteiger partial charge in [-0.2, -0.15) is 0 Å². The molecule has 1 atom stereocenters. The SMILES string of the molecule is CCOc1cc2c(cc1CNC(=O)/C=C/c1c(Cl)nc3ccccn13)O[C@@H](C)C2. The number of pyridine rings is 1. The Labute approximate surface area is 174 Å². The van der Waals surface area contributed by atoms with Crippen LogP contribution < -0.4 is 14.8 Å². The summed E-state index contributed by atoms with van der Waals surface area (Å²) in [5, 5.41) is 3.25. The van der Waals surface area contributed by atoms with Crippen molar-refractivity contribution < 1.29 is 14.3 Å². The molecule has 4 rings (SSSR count). The third-order valence-electron chi connectivity index (χ3n) is 4.75. The highest BCUT2D eigenvalue weighted by atomic mass is 35.5. The standard InChI is InChI=1S/C22H22ClN3O3/c1-3-28-18-11-15-10-14(2)29-19(15)12-16(18)13-24-21(27)8-7-17-22(23)25-20-6-4-5-9-26(17)20/h4-9,11-12,14H,3,10,13H2,1-2H3,(H,24,27)/b8-7+/t14-/m0/s1. The number of nitrogens with one attached hydrogen (secondary N) is 1. The molecule has 0 unspecified atom stereocenters. The van der Waals surface area contributed by atoms with E-state index in [0.717, 1.165) is 34.7 Å². The van der Waals surface area contributed by atoms with Crippen molar-refractivity contribution in [1.82, 2.24) is 14.7 Å². The van der Waals surface area contributed by atoms with E-state index in [4.69, 9.17) is 21.1 Å². The van der Waals surface area contributed by atoms with Crippen molar-refractivity contribution in [2.45, 2.75) is 32.9 Å². The van der Waals surface area contributed by atoms with Gasteiger partial charge in [-0.15, -0.1) is 0 Å². The molecule has 0 saturated heterocycles. The molecule has 1 N–H and O–H groups in total. The van der Waals surface area contributed by atoms with E-state index in [1.165, 1.54) is 6.08 Å². The maximum absolute atomic E-state index is 12.4. The summed E-state index contributed by atoms with van der Waals surface area (Å²) in [6, 6.07) is 9.59. The Morgan fingerprint density at radius 2 is 2.31 bits per heavy atom. The number of fused-ring (bicyclic) bond motifs is 2. The molecule has 0 aliphatic carbocycles. The molecule has 6 nitrogen and oxygen atoms in total. The van der Waals surface area contributed by atoms with Crippen molar-refractivity contribution in [1.29, 1.82) is 0 Å². The monoisotopic (exact) mass is 411 g/mol. The van der Waals surface area contributed by atoms with Gasteiger partial charge in [0.25, 0.3) is 0 Å². The fourth-order valence-corrected chi connectivity index (χ4v) is 3.68. The number of carbonyl (C=O) groups is 1. The predicted octanol–water partition coefficient (Wildman–Crippen LogP) is 4.04. The van der Waals surface area contributed by atoms with Crippen molar-refractivity contribution in [2.75, 3.05) is 6.61 Å². The molecular formula is C22H22ClN3O3. The van der Waals surface area contributed by atoms with Gasteiger partial charge < -0.3 is 14.8 Å². The summed E-state index contributed by atoms with van der Waals surface area (Å²) in [4.78, 5) is 16.6. The molecule has 3 heterocycles. The number of aromatic nitrogens is 2. The summed E-state index contributed by atoms with van der Waals surface area (Å²) < 4.78 is 13.4. The summed E-state index contributed by atoms with van der Waals surface area (Å²) in [6.07, 6.45) is 5.99. The Kier molecular flexibility index (Phi) is 5.45. The first-order valence-electron chi connectivity index (χ1n) is 9.59. The van der Waals surface area contributed by atoms with E-state index in [-0.39, 0.29) is 12.0 Å². The molecule has 1 aromatic carbocycles. The number of hydrogen-bond donors (Lipinski definition) is 1. The molecule has 0 radical (unpaired) electrons. The van der Waals surface area contributed by atoms with Gasteiger partial charge in [0, 0.05) is 36.4 Å². The maximum Gasteiger partial charge on any atom is 0.244 e.